The van der Waals surface area contributed by atoms with Crippen molar-refractivity contribution in [3.63, 3.8) is 0 Å². The SMILES string of the molecule is C=C(C)[C@H](NC(=O)CN1C(=O)C=CC1=O)C(=O)N[C@@H](C)C(=O)Nc1ccc(COC(=O)N(CCOC23CC4(C)CC(C)(CC(Cn5ncc(-c6ccc(N7CCc8cccc(C(=O)Nc9nc%10ccccc%10s9)c8C7)nc6C(=O)O)c5C)(C4)C2)C3)CCC(N)=O)c(CC[C@@H]2O[C@H](C(=O)O)[C@@H](O)[C@H](O)[C@H]2O)c1. The highest BCUT2D eigenvalue weighted by Crippen LogP contribution is 2.72. The van der Waals surface area contributed by atoms with Crippen molar-refractivity contribution in [1.82, 2.24) is 40.2 Å². The molecule has 31 heteroatoms. The number of carbonyl (C=O) groups is 10. The summed E-state index contributed by atoms with van der Waals surface area (Å²) in [6.07, 6.45) is -0.829. The zero-order valence-corrected chi connectivity index (χ0v) is 60.1. The molecule has 2 unspecified atom stereocenters. The van der Waals surface area contributed by atoms with Crippen LogP contribution in [0.15, 0.2) is 103 Å². The number of imide groups is 1. The summed E-state index contributed by atoms with van der Waals surface area (Å²) >= 11 is 1.39. The normalized spacial score (nSPS) is 24.8. The Morgan fingerprint density at radius 3 is 2.26 bits per heavy atom. The van der Waals surface area contributed by atoms with Crippen LogP contribution in [-0.2, 0) is 80.3 Å². The number of pyridine rings is 1. The zero-order chi connectivity index (χ0) is 75.9. The number of amides is 8. The number of aryl methyl sites for hydroxylation is 1. The number of ether oxygens (including phenoxy) is 3. The first-order valence-electron chi connectivity index (χ1n) is 35.1. The largest absolute Gasteiger partial charge is 0.479 e. The zero-order valence-electron chi connectivity index (χ0n) is 59.3. The standard InChI is InChI=1S/C75H86N12O18S/c1-40(2)59(82-56(89)31-86-57(90)20-21-58(86)91)67(97)78-41(3)65(95)79-46-16-14-45(44(28-46)15-18-52-61(92)62(93)63(94)64(105-52)69(100)101)32-103-71(102)84(25-23-54(76)88)26-27-104-75-36-72(5)33-73(6,37-75)35-74(34-72,38-75)39-87-42(4)49(29-77-87)47-17-19-55(81-60(47)68(98)99)85-24-22-43-10-9-11-48(50(43)30-85)66(96)83-70-80-51-12-7-8-13-53(51)106-70/h7-14,16-17,19-21,28-29,41,52,59,61-64,92-94H,1,15,18,22-27,30-39H2,2-6H3,(H2,76,88)(H,78,97)(H,79,95)(H,82,89)(H,98,99)(H,100,101)(H,80,83,96)/t41-,52-,59-,61-,62+,63-,64-,72?,73?,74?,75?/m0/s1. The highest BCUT2D eigenvalue weighted by Gasteiger charge is 2.66. The lowest BCUT2D eigenvalue weighted by Crippen LogP contribution is -2.64. The Kier molecular flexibility index (Phi) is 21.5. The van der Waals surface area contributed by atoms with Crippen molar-refractivity contribution in [2.75, 3.05) is 48.3 Å². The number of carbonyl (C=O) groups excluding carboxylic acids is 8. The van der Waals surface area contributed by atoms with Gasteiger partial charge in [-0.15, -0.1) is 0 Å². The van der Waals surface area contributed by atoms with Crippen LogP contribution in [0.1, 0.15) is 128 Å². The number of rotatable bonds is 28. The predicted octanol–water partition coefficient (Wildman–Crippen LogP) is 5.32. The van der Waals surface area contributed by atoms with Gasteiger partial charge in [-0.1, -0.05) is 62.1 Å². The number of nitrogens with zero attached hydrogens (tertiary/aromatic N) is 7. The van der Waals surface area contributed by atoms with Crippen molar-refractivity contribution < 1.29 is 87.7 Å². The van der Waals surface area contributed by atoms with Crippen LogP contribution in [0.3, 0.4) is 0 Å². The van der Waals surface area contributed by atoms with E-state index < -0.39 is 115 Å². The quantitative estimate of drug-likeness (QED) is 0.0219. The molecule has 3 aromatic carbocycles. The third kappa shape index (κ3) is 16.2. The van der Waals surface area contributed by atoms with Crippen LogP contribution in [0.2, 0.25) is 0 Å². The predicted molar refractivity (Wildman–Crippen MR) is 384 cm³/mol. The maximum absolute atomic E-state index is 14.3. The van der Waals surface area contributed by atoms with Crippen molar-refractivity contribution in [1.29, 1.82) is 0 Å². The first-order chi connectivity index (χ1) is 50.3. The molecule has 4 saturated carbocycles. The van der Waals surface area contributed by atoms with E-state index in [4.69, 9.17) is 30.0 Å². The molecular weight excluding hydrogens is 1390 g/mol. The molecule has 7 aliphatic rings. The summed E-state index contributed by atoms with van der Waals surface area (Å²) < 4.78 is 21.5. The molecule has 4 bridgehead atoms. The number of carboxylic acids is 2. The summed E-state index contributed by atoms with van der Waals surface area (Å²) in [5.74, 6) is -7.15. The van der Waals surface area contributed by atoms with Gasteiger partial charge in [-0.2, -0.15) is 5.10 Å². The average molecular weight is 1480 g/mol. The van der Waals surface area contributed by atoms with Gasteiger partial charge in [-0.25, -0.2) is 24.4 Å². The minimum atomic E-state index is -1.95. The van der Waals surface area contributed by atoms with E-state index in [0.29, 0.717) is 76.1 Å². The fourth-order valence-electron chi connectivity index (χ4n) is 17.3. The third-order valence-corrected chi connectivity index (χ3v) is 22.1. The Hall–Kier alpha value is -10.3. The first kappa shape index (κ1) is 75.4. The molecule has 30 nitrogen and oxygen atoms in total. The molecule has 3 aromatic heterocycles. The smallest absolute Gasteiger partial charge is 0.410 e. The van der Waals surface area contributed by atoms with E-state index >= 15 is 0 Å². The van der Waals surface area contributed by atoms with Crippen molar-refractivity contribution in [3.8, 4) is 11.1 Å². The maximum atomic E-state index is 14.3. The molecule has 6 aromatic rings. The lowest BCUT2D eigenvalue weighted by molar-refractivity contribution is -0.248. The average Bonchev–Trinajstić information content (AvgIpc) is 0.757. The van der Waals surface area contributed by atoms with E-state index in [9.17, 15) is 73.5 Å². The molecule has 5 fully saturated rings. The van der Waals surface area contributed by atoms with Crippen LogP contribution >= 0.6 is 11.3 Å². The topological polar surface area (TPSA) is 427 Å². The Morgan fingerprint density at radius 2 is 1.57 bits per heavy atom. The van der Waals surface area contributed by atoms with E-state index in [0.717, 1.165) is 71.3 Å². The molecule has 9 atom stereocenters. The van der Waals surface area contributed by atoms with Gasteiger partial charge in [-0.3, -0.25) is 48.5 Å². The van der Waals surface area contributed by atoms with Crippen molar-refractivity contribution in [3.05, 3.63) is 143 Å². The van der Waals surface area contributed by atoms with Gasteiger partial charge >= 0.3 is 18.0 Å². The maximum Gasteiger partial charge on any atom is 0.410 e. The van der Waals surface area contributed by atoms with Gasteiger partial charge < -0.3 is 71.2 Å². The number of anilines is 3. The number of fused-ring (bicyclic) bond motifs is 2. The van der Waals surface area contributed by atoms with E-state index in [-0.39, 0.29) is 78.1 Å². The van der Waals surface area contributed by atoms with Crippen molar-refractivity contribution >= 4 is 97.6 Å². The molecule has 11 N–H and O–H groups in total. The van der Waals surface area contributed by atoms with Crippen LogP contribution in [0.4, 0.5) is 21.4 Å². The van der Waals surface area contributed by atoms with E-state index in [1.807, 2.05) is 59.0 Å². The molecule has 8 amide bonds. The van der Waals surface area contributed by atoms with Gasteiger partial charge in [-0.05, 0) is 165 Å². The van der Waals surface area contributed by atoms with E-state index in [2.05, 4.69) is 46.7 Å². The minimum Gasteiger partial charge on any atom is -0.479 e. The number of aliphatic carboxylic acids is 1. The van der Waals surface area contributed by atoms with Gasteiger partial charge in [0.25, 0.3) is 17.7 Å². The molecule has 0 spiro atoms. The summed E-state index contributed by atoms with van der Waals surface area (Å²) in [5, 5.41) is 68.6. The number of nitrogens with one attached hydrogen (secondary N) is 4. The summed E-state index contributed by atoms with van der Waals surface area (Å²) in [6.45, 7) is 13.3. The van der Waals surface area contributed by atoms with Gasteiger partial charge in [0.05, 0.1) is 34.7 Å². The number of aromatic nitrogens is 4. The Labute approximate surface area is 613 Å². The van der Waals surface area contributed by atoms with Crippen LogP contribution < -0.4 is 31.9 Å². The fourth-order valence-corrected chi connectivity index (χ4v) is 18.2. The number of aromatic carboxylic acids is 1. The molecular formula is C75H86N12O18S. The number of nitrogens with two attached hydrogens (primary N) is 1. The molecule has 1 saturated heterocycles. The molecule has 13 rings (SSSR count). The summed E-state index contributed by atoms with van der Waals surface area (Å²) in [7, 11) is 0. The number of hydrogen-bond acceptors (Lipinski definition) is 21. The van der Waals surface area contributed by atoms with Crippen LogP contribution in [0.5, 0.6) is 0 Å². The number of para-hydroxylation sites is 1. The van der Waals surface area contributed by atoms with Crippen LogP contribution in [-0.4, -0.2) is 195 Å². The number of primary amides is 1. The number of thiazole rings is 1. The Bertz CT molecular complexity index is 4500. The summed E-state index contributed by atoms with van der Waals surface area (Å²) in [6, 6.07) is 18.8. The minimum absolute atomic E-state index is 0.0100. The van der Waals surface area contributed by atoms with Gasteiger partial charge in [0.2, 0.25) is 23.6 Å². The van der Waals surface area contributed by atoms with Crippen LogP contribution in [0.25, 0.3) is 21.3 Å². The second-order valence-corrected chi connectivity index (χ2v) is 30.8. The molecule has 4 aliphatic carbocycles. The van der Waals surface area contributed by atoms with E-state index in [1.54, 1.807) is 18.3 Å². The molecule has 6 heterocycles. The number of aliphatic hydroxyl groups is 3. The van der Waals surface area contributed by atoms with Crippen molar-refractivity contribution in [2.45, 2.75) is 167 Å². The molecule has 560 valence electrons. The highest BCUT2D eigenvalue weighted by atomic mass is 32.1. The highest BCUT2D eigenvalue weighted by molar-refractivity contribution is 7.22. The number of aliphatic hydroxyl groups excluding tert-OH is 3. The van der Waals surface area contributed by atoms with Crippen molar-refractivity contribution in [2.24, 2.45) is 22.0 Å². The van der Waals surface area contributed by atoms with Gasteiger partial charge in [0.15, 0.2) is 16.9 Å². The summed E-state index contributed by atoms with van der Waals surface area (Å²) in [4.78, 5) is 143. The second kappa shape index (κ2) is 30.3. The molecule has 3 aliphatic heterocycles. The van der Waals surface area contributed by atoms with E-state index in [1.165, 1.54) is 48.3 Å². The van der Waals surface area contributed by atoms with Crippen LogP contribution in [0, 0.1) is 23.2 Å². The number of hydrogen-bond donors (Lipinski definition) is 10. The first-order valence-corrected chi connectivity index (χ1v) is 35.9. The Balaban J connectivity index is 0.710. The monoisotopic (exact) mass is 1470 g/mol. The molecule has 0 radical (unpaired) electrons. The third-order valence-electron chi connectivity index (χ3n) is 21.1. The Morgan fingerprint density at radius 1 is 0.830 bits per heavy atom. The second-order valence-electron chi connectivity index (χ2n) is 29.8. The number of benzene rings is 3. The van der Waals surface area contributed by atoms with Gasteiger partial charge in [0.1, 0.15) is 49.4 Å². The van der Waals surface area contributed by atoms with Gasteiger partial charge in [0, 0.05) is 79.4 Å². The lowest BCUT2D eigenvalue weighted by atomic mass is 9.39. The summed E-state index contributed by atoms with van der Waals surface area (Å²) in [5.41, 5.74) is 10.3. The fraction of sp³-hybridized carbons (Fsp3) is 0.453. The molecule has 106 heavy (non-hydrogen) atoms. The number of carboxylic acid groups (broad SMARTS) is 2. The lowest BCUT2D eigenvalue weighted by Gasteiger charge is -2.69.